The van der Waals surface area contributed by atoms with Crippen molar-refractivity contribution in [3.05, 3.63) is 35.0 Å². The van der Waals surface area contributed by atoms with Crippen LogP contribution in [0.3, 0.4) is 0 Å². The minimum absolute atomic E-state index is 0.470. The van der Waals surface area contributed by atoms with E-state index >= 15 is 0 Å². The maximum Gasteiger partial charge on any atom is 0.0478 e. The zero-order valence-corrected chi connectivity index (χ0v) is 16.4. The molecule has 1 heterocycles. The predicted molar refractivity (Wildman–Crippen MR) is 107 cm³/mol. The smallest absolute Gasteiger partial charge is 0.0478 e. The van der Waals surface area contributed by atoms with Crippen LogP contribution in [-0.4, -0.2) is 11.0 Å². The van der Waals surface area contributed by atoms with Gasteiger partial charge in [-0.1, -0.05) is 32.4 Å². The molecule has 4 rings (SSSR count). The van der Waals surface area contributed by atoms with E-state index in [4.69, 9.17) is 0 Å². The van der Waals surface area contributed by atoms with E-state index in [9.17, 15) is 0 Å². The molecule has 1 aromatic heterocycles. The molecule has 0 amide bonds. The minimum Gasteiger partial charge on any atom is -0.357 e. The molecule has 2 N–H and O–H groups in total. The summed E-state index contributed by atoms with van der Waals surface area (Å²) in [6.07, 6.45) is 9.26. The summed E-state index contributed by atoms with van der Waals surface area (Å²) in [5, 5.41) is 5.49. The number of hydrogen-bond acceptors (Lipinski definition) is 1. The van der Waals surface area contributed by atoms with Crippen LogP contribution in [-0.2, 0) is 6.42 Å². The Morgan fingerprint density at radius 2 is 1.80 bits per heavy atom. The van der Waals surface area contributed by atoms with Crippen LogP contribution in [0.5, 0.6) is 0 Å². The lowest BCUT2D eigenvalue weighted by atomic mass is 9.71. The third-order valence-electron chi connectivity index (χ3n) is 6.75. The van der Waals surface area contributed by atoms with E-state index < -0.39 is 0 Å². The number of aromatic nitrogens is 1. The molecule has 0 aliphatic heterocycles. The highest BCUT2D eigenvalue weighted by atomic mass is 15.0. The molecule has 1 saturated carbocycles. The van der Waals surface area contributed by atoms with Crippen molar-refractivity contribution in [2.24, 2.45) is 11.3 Å². The number of rotatable bonds is 2. The fourth-order valence-corrected chi connectivity index (χ4v) is 5.15. The molecule has 1 atom stereocenters. The van der Waals surface area contributed by atoms with Gasteiger partial charge in [-0.25, -0.2) is 0 Å². The van der Waals surface area contributed by atoms with E-state index in [1.54, 1.807) is 5.56 Å². The number of H-pyrrole nitrogens is 1. The standard InChI is InChI=1S/C23H34N2/c1-15-8-13-20-19(14-15)18-6-5-7-21(22(18)25-20)24-17-11-9-16(10-12-17)23(2,3)4/h8,13-14,16-17,21,24-25H,5-7,9-12H2,1-4H3. The molecule has 0 spiro atoms. The summed E-state index contributed by atoms with van der Waals surface area (Å²) in [5.74, 6) is 0.892. The van der Waals surface area contributed by atoms with Gasteiger partial charge in [0.25, 0.3) is 0 Å². The van der Waals surface area contributed by atoms with Gasteiger partial charge in [0.2, 0.25) is 0 Å². The lowest BCUT2D eigenvalue weighted by molar-refractivity contribution is 0.154. The van der Waals surface area contributed by atoms with Crippen molar-refractivity contribution < 1.29 is 0 Å². The SMILES string of the molecule is Cc1ccc2[nH]c3c(c2c1)CCCC3NC1CCC(C(C)(C)C)CC1. The fraction of sp³-hybridized carbons (Fsp3) is 0.652. The Balaban J connectivity index is 1.50. The predicted octanol–water partition coefficient (Wildman–Crippen LogP) is 6.05. The maximum atomic E-state index is 4.03. The van der Waals surface area contributed by atoms with E-state index in [1.807, 2.05) is 0 Å². The molecule has 1 fully saturated rings. The first-order valence-corrected chi connectivity index (χ1v) is 10.3. The Kier molecular flexibility index (Phi) is 4.43. The van der Waals surface area contributed by atoms with Crippen molar-refractivity contribution in [3.63, 3.8) is 0 Å². The summed E-state index contributed by atoms with van der Waals surface area (Å²) >= 11 is 0. The van der Waals surface area contributed by atoms with Gasteiger partial charge in [-0.2, -0.15) is 0 Å². The number of aryl methyl sites for hydroxylation is 2. The Morgan fingerprint density at radius 3 is 2.52 bits per heavy atom. The Bertz CT molecular complexity index is 741. The molecule has 2 aliphatic carbocycles. The van der Waals surface area contributed by atoms with Gasteiger partial charge in [0.1, 0.15) is 0 Å². The molecule has 1 unspecified atom stereocenters. The molecule has 1 aromatic carbocycles. The Hall–Kier alpha value is -1.28. The minimum atomic E-state index is 0.470. The van der Waals surface area contributed by atoms with E-state index in [0.29, 0.717) is 17.5 Å². The second kappa shape index (κ2) is 6.46. The summed E-state index contributed by atoms with van der Waals surface area (Å²) < 4.78 is 0. The third kappa shape index (κ3) is 3.38. The number of fused-ring (bicyclic) bond motifs is 3. The summed E-state index contributed by atoms with van der Waals surface area (Å²) in [4.78, 5) is 3.75. The van der Waals surface area contributed by atoms with Gasteiger partial charge < -0.3 is 10.3 Å². The van der Waals surface area contributed by atoms with E-state index in [1.165, 1.54) is 67.1 Å². The molecule has 25 heavy (non-hydrogen) atoms. The average Bonchev–Trinajstić information content (AvgIpc) is 2.94. The van der Waals surface area contributed by atoms with Crippen molar-refractivity contribution in [1.82, 2.24) is 10.3 Å². The summed E-state index contributed by atoms with van der Waals surface area (Å²) in [5.41, 5.74) is 6.21. The largest absolute Gasteiger partial charge is 0.357 e. The van der Waals surface area contributed by atoms with Gasteiger partial charge in [-0.15, -0.1) is 0 Å². The normalized spacial score (nSPS) is 27.4. The van der Waals surface area contributed by atoms with Crippen molar-refractivity contribution >= 4 is 10.9 Å². The third-order valence-corrected chi connectivity index (χ3v) is 6.75. The van der Waals surface area contributed by atoms with Crippen LogP contribution < -0.4 is 5.32 Å². The molecule has 2 aliphatic rings. The Labute approximate surface area is 152 Å². The van der Waals surface area contributed by atoms with Gasteiger partial charge in [0.15, 0.2) is 0 Å². The van der Waals surface area contributed by atoms with Crippen LogP contribution in [0, 0.1) is 18.3 Å². The fourth-order valence-electron chi connectivity index (χ4n) is 5.15. The average molecular weight is 339 g/mol. The summed E-state index contributed by atoms with van der Waals surface area (Å²) in [6, 6.07) is 8.06. The summed E-state index contributed by atoms with van der Waals surface area (Å²) in [7, 11) is 0. The highest BCUT2D eigenvalue weighted by molar-refractivity contribution is 5.85. The molecule has 2 aromatic rings. The first-order valence-electron chi connectivity index (χ1n) is 10.3. The first-order chi connectivity index (χ1) is 11.9. The zero-order valence-electron chi connectivity index (χ0n) is 16.4. The van der Waals surface area contributed by atoms with Gasteiger partial charge in [-0.05, 0) is 80.9 Å². The zero-order chi connectivity index (χ0) is 17.6. The maximum absolute atomic E-state index is 4.03. The molecule has 136 valence electrons. The molecular weight excluding hydrogens is 304 g/mol. The number of aromatic amines is 1. The van der Waals surface area contributed by atoms with Crippen molar-refractivity contribution in [1.29, 1.82) is 0 Å². The van der Waals surface area contributed by atoms with Crippen LogP contribution in [0.15, 0.2) is 18.2 Å². The van der Waals surface area contributed by atoms with Crippen LogP contribution in [0.2, 0.25) is 0 Å². The van der Waals surface area contributed by atoms with Crippen LogP contribution in [0.1, 0.15) is 82.2 Å². The molecular formula is C23H34N2. The van der Waals surface area contributed by atoms with Gasteiger partial charge in [-0.3, -0.25) is 0 Å². The van der Waals surface area contributed by atoms with Crippen LogP contribution in [0.25, 0.3) is 10.9 Å². The highest BCUT2D eigenvalue weighted by Gasteiger charge is 2.32. The Morgan fingerprint density at radius 1 is 1.04 bits per heavy atom. The number of nitrogens with one attached hydrogen (secondary N) is 2. The molecule has 2 nitrogen and oxygen atoms in total. The summed E-state index contributed by atoms with van der Waals surface area (Å²) in [6.45, 7) is 9.42. The lowest BCUT2D eigenvalue weighted by Crippen LogP contribution is -2.39. The van der Waals surface area contributed by atoms with E-state index in [2.05, 4.69) is 56.2 Å². The lowest BCUT2D eigenvalue weighted by Gasteiger charge is -2.39. The van der Waals surface area contributed by atoms with Gasteiger partial charge in [0, 0.05) is 28.7 Å². The number of hydrogen-bond donors (Lipinski definition) is 2. The molecule has 0 saturated heterocycles. The highest BCUT2D eigenvalue weighted by Crippen LogP contribution is 2.40. The number of benzene rings is 1. The van der Waals surface area contributed by atoms with E-state index in [0.717, 1.165) is 5.92 Å². The van der Waals surface area contributed by atoms with Crippen molar-refractivity contribution in [2.45, 2.75) is 84.7 Å². The van der Waals surface area contributed by atoms with Crippen molar-refractivity contribution in [3.8, 4) is 0 Å². The first kappa shape index (κ1) is 17.1. The van der Waals surface area contributed by atoms with Gasteiger partial charge in [0.05, 0.1) is 0 Å². The molecule has 2 heteroatoms. The second-order valence-corrected chi connectivity index (χ2v) is 9.59. The van der Waals surface area contributed by atoms with Crippen LogP contribution >= 0.6 is 0 Å². The molecule has 0 radical (unpaired) electrons. The topological polar surface area (TPSA) is 27.8 Å². The monoisotopic (exact) mass is 338 g/mol. The quantitative estimate of drug-likeness (QED) is 0.685. The molecule has 0 bridgehead atoms. The van der Waals surface area contributed by atoms with E-state index in [-0.39, 0.29) is 0 Å². The second-order valence-electron chi connectivity index (χ2n) is 9.59. The van der Waals surface area contributed by atoms with Crippen molar-refractivity contribution in [2.75, 3.05) is 0 Å². The van der Waals surface area contributed by atoms with Crippen LogP contribution in [0.4, 0.5) is 0 Å². The van der Waals surface area contributed by atoms with Gasteiger partial charge >= 0.3 is 0 Å².